The zero-order valence-corrected chi connectivity index (χ0v) is 8.34. The third-order valence-electron chi connectivity index (χ3n) is 1.74. The van der Waals surface area contributed by atoms with Gasteiger partial charge in [0.2, 0.25) is 0 Å². The zero-order chi connectivity index (χ0) is 11.1. The number of carbonyl (C=O) groups excluding carboxylic acids is 1. The summed E-state index contributed by atoms with van der Waals surface area (Å²) >= 11 is 0. The van der Waals surface area contributed by atoms with Crippen molar-refractivity contribution in [3.8, 4) is 12.3 Å². The molecular formula is C11H11NO3. The molecule has 0 amide bonds. The van der Waals surface area contributed by atoms with Crippen molar-refractivity contribution >= 4 is 5.97 Å². The fraction of sp³-hybridized carbons (Fsp3) is 0.273. The lowest BCUT2D eigenvalue weighted by Crippen LogP contribution is -2.18. The molecule has 0 bridgehead atoms. The smallest absolute Gasteiger partial charge is 0.339 e. The summed E-state index contributed by atoms with van der Waals surface area (Å²) in [6, 6.07) is 3.44. The maximum Gasteiger partial charge on any atom is 0.339 e. The summed E-state index contributed by atoms with van der Waals surface area (Å²) in [6.45, 7) is 0.0503. The molecule has 0 unspecified atom stereocenters. The highest BCUT2D eigenvalue weighted by atomic mass is 16.6. The molecule has 0 fully saturated rings. The predicted octanol–water partition coefficient (Wildman–Crippen LogP) is 0.945. The van der Waals surface area contributed by atoms with Crippen molar-refractivity contribution in [2.75, 3.05) is 13.7 Å². The van der Waals surface area contributed by atoms with Crippen LogP contribution in [0.15, 0.2) is 24.5 Å². The van der Waals surface area contributed by atoms with Gasteiger partial charge in [0.1, 0.15) is 6.61 Å². The van der Waals surface area contributed by atoms with E-state index in [-0.39, 0.29) is 6.61 Å². The number of esters is 1. The van der Waals surface area contributed by atoms with Crippen LogP contribution in [0.4, 0.5) is 0 Å². The summed E-state index contributed by atoms with van der Waals surface area (Å²) in [5, 5.41) is 0. The van der Waals surface area contributed by atoms with Crippen LogP contribution in [0.25, 0.3) is 0 Å². The molecule has 15 heavy (non-hydrogen) atoms. The maximum absolute atomic E-state index is 11.4. The number of nitrogens with zero attached hydrogens (tertiary/aromatic N) is 1. The number of hydrogen-bond donors (Lipinski definition) is 0. The molecule has 1 aromatic rings. The Balaban J connectivity index is 2.82. The first-order chi connectivity index (χ1) is 7.29. The van der Waals surface area contributed by atoms with E-state index in [2.05, 4.69) is 15.6 Å². The fourth-order valence-corrected chi connectivity index (χ4v) is 1.07. The number of hydrogen-bond acceptors (Lipinski definition) is 4. The molecule has 1 heterocycles. The van der Waals surface area contributed by atoms with Crippen molar-refractivity contribution in [2.45, 2.75) is 6.10 Å². The van der Waals surface area contributed by atoms with Gasteiger partial charge in [-0.3, -0.25) is 4.98 Å². The summed E-state index contributed by atoms with van der Waals surface area (Å²) in [4.78, 5) is 15.3. The van der Waals surface area contributed by atoms with Crippen molar-refractivity contribution in [3.63, 3.8) is 0 Å². The molecule has 0 aromatic carbocycles. The van der Waals surface area contributed by atoms with Crippen LogP contribution in [0, 0.1) is 12.3 Å². The van der Waals surface area contributed by atoms with Gasteiger partial charge in [0.15, 0.2) is 6.10 Å². The number of pyridine rings is 1. The van der Waals surface area contributed by atoms with Crippen molar-refractivity contribution in [2.24, 2.45) is 0 Å². The number of rotatable bonds is 4. The van der Waals surface area contributed by atoms with E-state index < -0.39 is 12.1 Å². The summed E-state index contributed by atoms with van der Waals surface area (Å²) in [5.74, 6) is 1.81. The van der Waals surface area contributed by atoms with E-state index >= 15 is 0 Å². The second-order valence-corrected chi connectivity index (χ2v) is 2.70. The van der Waals surface area contributed by atoms with E-state index in [9.17, 15) is 4.79 Å². The van der Waals surface area contributed by atoms with Crippen LogP contribution in [0.1, 0.15) is 11.7 Å². The molecule has 4 heteroatoms. The number of terminal acetylenes is 1. The van der Waals surface area contributed by atoms with Crippen LogP contribution < -0.4 is 0 Å². The summed E-state index contributed by atoms with van der Waals surface area (Å²) < 4.78 is 9.78. The van der Waals surface area contributed by atoms with Crippen LogP contribution in [-0.4, -0.2) is 24.7 Å². The van der Waals surface area contributed by atoms with Gasteiger partial charge in [0.05, 0.1) is 7.11 Å². The molecule has 1 aromatic heterocycles. The maximum atomic E-state index is 11.4. The molecule has 0 spiro atoms. The molecule has 78 valence electrons. The van der Waals surface area contributed by atoms with Crippen LogP contribution in [0.5, 0.6) is 0 Å². The lowest BCUT2D eigenvalue weighted by Gasteiger charge is -2.13. The summed E-state index contributed by atoms with van der Waals surface area (Å²) in [5.41, 5.74) is 0.625. The normalized spacial score (nSPS) is 11.5. The van der Waals surface area contributed by atoms with Crippen molar-refractivity contribution in [3.05, 3.63) is 30.1 Å². The SMILES string of the molecule is C#CCO[C@H](C(=O)OC)c1cccnc1. The average molecular weight is 205 g/mol. The third-order valence-corrected chi connectivity index (χ3v) is 1.74. The quantitative estimate of drug-likeness (QED) is 0.542. The van der Waals surface area contributed by atoms with Crippen LogP contribution in [0.3, 0.4) is 0 Å². The Bertz CT molecular complexity index is 356. The third kappa shape index (κ3) is 3.08. The minimum absolute atomic E-state index is 0.0503. The standard InChI is InChI=1S/C11H11NO3/c1-3-7-15-10(11(13)14-2)9-5-4-6-12-8-9/h1,4-6,8,10H,7H2,2H3/t10-/m0/s1. The molecule has 0 aliphatic heterocycles. The number of methoxy groups -OCH3 is 1. The van der Waals surface area contributed by atoms with Gasteiger partial charge in [-0.25, -0.2) is 4.79 Å². The van der Waals surface area contributed by atoms with E-state index in [1.165, 1.54) is 13.3 Å². The molecule has 0 radical (unpaired) electrons. The molecule has 0 saturated heterocycles. The molecule has 4 nitrogen and oxygen atoms in total. The molecule has 0 saturated carbocycles. The van der Waals surface area contributed by atoms with E-state index in [1.807, 2.05) is 0 Å². The van der Waals surface area contributed by atoms with Crippen LogP contribution in [0.2, 0.25) is 0 Å². The Labute approximate surface area is 88.2 Å². The van der Waals surface area contributed by atoms with Gasteiger partial charge in [0, 0.05) is 18.0 Å². The molecule has 0 aliphatic rings. The van der Waals surface area contributed by atoms with Crippen LogP contribution in [-0.2, 0) is 14.3 Å². The molecule has 1 rings (SSSR count). The van der Waals surface area contributed by atoms with Gasteiger partial charge in [-0.05, 0) is 6.07 Å². The second-order valence-electron chi connectivity index (χ2n) is 2.70. The Hall–Kier alpha value is -1.86. The first-order valence-corrected chi connectivity index (χ1v) is 4.32. The largest absolute Gasteiger partial charge is 0.467 e. The Morgan fingerprint density at radius 1 is 1.73 bits per heavy atom. The first-order valence-electron chi connectivity index (χ1n) is 4.32. The van der Waals surface area contributed by atoms with Gasteiger partial charge in [0.25, 0.3) is 0 Å². The fourth-order valence-electron chi connectivity index (χ4n) is 1.07. The minimum atomic E-state index is -0.806. The van der Waals surface area contributed by atoms with Gasteiger partial charge in [-0.1, -0.05) is 12.0 Å². The lowest BCUT2D eigenvalue weighted by molar-refractivity contribution is -0.153. The highest BCUT2D eigenvalue weighted by Gasteiger charge is 2.21. The van der Waals surface area contributed by atoms with Crippen molar-refractivity contribution in [1.82, 2.24) is 4.98 Å². The molecule has 0 aliphatic carbocycles. The van der Waals surface area contributed by atoms with Crippen molar-refractivity contribution < 1.29 is 14.3 Å². The van der Waals surface area contributed by atoms with E-state index in [1.54, 1.807) is 18.3 Å². The number of aromatic nitrogens is 1. The van der Waals surface area contributed by atoms with E-state index in [4.69, 9.17) is 11.2 Å². The monoisotopic (exact) mass is 205 g/mol. The Kier molecular flexibility index (Phi) is 4.32. The minimum Gasteiger partial charge on any atom is -0.467 e. The first kappa shape index (κ1) is 11.2. The highest BCUT2D eigenvalue weighted by Crippen LogP contribution is 2.17. The highest BCUT2D eigenvalue weighted by molar-refractivity contribution is 5.76. The number of ether oxygens (including phenoxy) is 2. The summed E-state index contributed by atoms with van der Waals surface area (Å²) in [7, 11) is 1.30. The Morgan fingerprint density at radius 3 is 3.07 bits per heavy atom. The summed E-state index contributed by atoms with van der Waals surface area (Å²) in [6.07, 6.45) is 7.40. The molecule has 0 N–H and O–H groups in total. The number of carbonyl (C=O) groups is 1. The van der Waals surface area contributed by atoms with Crippen LogP contribution >= 0.6 is 0 Å². The van der Waals surface area contributed by atoms with E-state index in [0.717, 1.165) is 0 Å². The van der Waals surface area contributed by atoms with Gasteiger partial charge >= 0.3 is 5.97 Å². The average Bonchev–Trinajstić information content (AvgIpc) is 2.30. The topological polar surface area (TPSA) is 48.4 Å². The molecular weight excluding hydrogens is 194 g/mol. The second kappa shape index (κ2) is 5.78. The zero-order valence-electron chi connectivity index (χ0n) is 8.34. The predicted molar refractivity (Wildman–Crippen MR) is 53.8 cm³/mol. The van der Waals surface area contributed by atoms with Gasteiger partial charge in [-0.2, -0.15) is 0 Å². The Morgan fingerprint density at radius 2 is 2.53 bits per heavy atom. The van der Waals surface area contributed by atoms with E-state index in [0.29, 0.717) is 5.56 Å². The van der Waals surface area contributed by atoms with Gasteiger partial charge in [-0.15, -0.1) is 6.42 Å². The van der Waals surface area contributed by atoms with Crippen molar-refractivity contribution in [1.29, 1.82) is 0 Å². The lowest BCUT2D eigenvalue weighted by atomic mass is 10.1. The van der Waals surface area contributed by atoms with Gasteiger partial charge < -0.3 is 9.47 Å². The molecule has 1 atom stereocenters.